The number of amides is 1. The molecule has 1 aliphatic heterocycles. The highest BCUT2D eigenvalue weighted by atomic mass is 16.7. The lowest BCUT2D eigenvalue weighted by Crippen LogP contribution is -2.60. The van der Waals surface area contributed by atoms with Gasteiger partial charge in [0.15, 0.2) is 6.29 Å². The van der Waals surface area contributed by atoms with Crippen LogP contribution in [0.25, 0.3) is 0 Å². The summed E-state index contributed by atoms with van der Waals surface area (Å²) in [5.41, 5.74) is 0. The number of unbranched alkanes of at least 4 members (excludes halogenated alkanes) is 31. The van der Waals surface area contributed by atoms with Crippen LogP contribution in [0.1, 0.15) is 264 Å². The summed E-state index contributed by atoms with van der Waals surface area (Å²) in [4.78, 5) is 13.0. The van der Waals surface area contributed by atoms with E-state index in [4.69, 9.17) is 9.47 Å². The number of rotatable bonds is 51. The summed E-state index contributed by atoms with van der Waals surface area (Å²) in [6, 6.07) is -0.804. The Labute approximate surface area is 442 Å². The van der Waals surface area contributed by atoms with Gasteiger partial charge in [0.05, 0.1) is 25.4 Å². The Balaban J connectivity index is 2.06. The van der Waals surface area contributed by atoms with Crippen LogP contribution in [0.15, 0.2) is 72.9 Å². The van der Waals surface area contributed by atoms with E-state index in [1.807, 2.05) is 6.08 Å². The van der Waals surface area contributed by atoms with E-state index in [0.717, 1.165) is 70.6 Å². The highest BCUT2D eigenvalue weighted by Crippen LogP contribution is 2.23. The highest BCUT2D eigenvalue weighted by Gasteiger charge is 2.44. The van der Waals surface area contributed by atoms with Crippen LogP contribution in [0.5, 0.6) is 0 Å². The molecular formula is C63H113NO8. The van der Waals surface area contributed by atoms with Crippen molar-refractivity contribution in [3.8, 4) is 0 Å². The fourth-order valence-corrected chi connectivity index (χ4v) is 9.30. The molecular weight excluding hydrogens is 899 g/mol. The second-order valence-corrected chi connectivity index (χ2v) is 20.8. The van der Waals surface area contributed by atoms with Crippen molar-refractivity contribution in [1.29, 1.82) is 0 Å². The minimum atomic E-state index is -1.57. The second-order valence-electron chi connectivity index (χ2n) is 20.8. The molecule has 0 bridgehead atoms. The second kappa shape index (κ2) is 52.1. The van der Waals surface area contributed by atoms with Crippen LogP contribution in [0.4, 0.5) is 0 Å². The van der Waals surface area contributed by atoms with Gasteiger partial charge in [-0.3, -0.25) is 4.79 Å². The summed E-state index contributed by atoms with van der Waals surface area (Å²) in [5, 5.41) is 54.4. The summed E-state index contributed by atoms with van der Waals surface area (Å²) < 4.78 is 11.2. The number of aliphatic hydroxyl groups excluding tert-OH is 5. The molecule has 0 radical (unpaired) electrons. The molecule has 0 aromatic rings. The van der Waals surface area contributed by atoms with E-state index in [1.165, 1.54) is 173 Å². The van der Waals surface area contributed by atoms with Gasteiger partial charge in [-0.1, -0.05) is 267 Å². The molecule has 0 saturated carbocycles. The average Bonchev–Trinajstić information content (AvgIpc) is 3.38. The van der Waals surface area contributed by atoms with Gasteiger partial charge in [0.1, 0.15) is 24.4 Å². The molecule has 7 atom stereocenters. The van der Waals surface area contributed by atoms with E-state index < -0.39 is 49.5 Å². The van der Waals surface area contributed by atoms with Crippen molar-refractivity contribution in [2.24, 2.45) is 0 Å². The van der Waals surface area contributed by atoms with Crippen molar-refractivity contribution in [3.63, 3.8) is 0 Å². The molecule has 72 heavy (non-hydrogen) atoms. The van der Waals surface area contributed by atoms with Crippen molar-refractivity contribution < 1.29 is 39.8 Å². The normalized spacial score (nSPS) is 19.7. The van der Waals surface area contributed by atoms with Crippen molar-refractivity contribution in [1.82, 2.24) is 5.32 Å². The Kier molecular flexibility index (Phi) is 48.9. The minimum absolute atomic E-state index is 0.176. The minimum Gasteiger partial charge on any atom is -0.394 e. The zero-order valence-corrected chi connectivity index (χ0v) is 46.4. The maximum absolute atomic E-state index is 13.0. The van der Waals surface area contributed by atoms with E-state index in [9.17, 15) is 30.3 Å². The third kappa shape index (κ3) is 40.9. The summed E-state index contributed by atoms with van der Waals surface area (Å²) in [5.74, 6) is -0.176. The Morgan fingerprint density at radius 2 is 0.861 bits per heavy atom. The summed E-state index contributed by atoms with van der Waals surface area (Å²) in [6.07, 6.45) is 65.7. The quantitative estimate of drug-likeness (QED) is 0.0261. The number of hydrogen-bond donors (Lipinski definition) is 6. The van der Waals surface area contributed by atoms with Gasteiger partial charge in [0.25, 0.3) is 0 Å². The molecule has 0 aromatic heterocycles. The van der Waals surface area contributed by atoms with Crippen molar-refractivity contribution in [2.45, 2.75) is 307 Å². The number of aliphatic hydroxyl groups is 5. The number of hydrogen-bond acceptors (Lipinski definition) is 8. The Morgan fingerprint density at radius 1 is 0.486 bits per heavy atom. The van der Waals surface area contributed by atoms with E-state index >= 15 is 0 Å². The smallest absolute Gasteiger partial charge is 0.220 e. The molecule has 418 valence electrons. The molecule has 1 aliphatic rings. The first-order valence-electron chi connectivity index (χ1n) is 30.2. The summed E-state index contributed by atoms with van der Waals surface area (Å²) >= 11 is 0. The predicted molar refractivity (Wildman–Crippen MR) is 304 cm³/mol. The van der Waals surface area contributed by atoms with Gasteiger partial charge in [-0.05, 0) is 64.2 Å². The first-order chi connectivity index (χ1) is 35.3. The van der Waals surface area contributed by atoms with Crippen molar-refractivity contribution in [2.75, 3.05) is 13.2 Å². The SMILES string of the molecule is CC/C=C\C/C=C\C/C=C\C/C=C\C/C=C\CCCCCCCCCCCCCCCCCCCCCCCC(=O)NC(COC1OC(CO)C(O)C(O)C1O)C(O)/C=C/CCCCCCCCCCCC. The van der Waals surface area contributed by atoms with E-state index in [-0.39, 0.29) is 12.5 Å². The van der Waals surface area contributed by atoms with Gasteiger partial charge in [0.2, 0.25) is 5.91 Å². The van der Waals surface area contributed by atoms with Gasteiger partial charge >= 0.3 is 0 Å². The van der Waals surface area contributed by atoms with E-state index in [2.05, 4.69) is 79.9 Å². The summed E-state index contributed by atoms with van der Waals surface area (Å²) in [7, 11) is 0. The Bertz CT molecular complexity index is 1360. The third-order valence-electron chi connectivity index (χ3n) is 14.0. The molecule has 1 heterocycles. The monoisotopic (exact) mass is 1010 g/mol. The maximum atomic E-state index is 13.0. The lowest BCUT2D eigenvalue weighted by molar-refractivity contribution is -0.302. The lowest BCUT2D eigenvalue weighted by Gasteiger charge is -2.40. The fourth-order valence-electron chi connectivity index (χ4n) is 9.30. The number of carbonyl (C=O) groups is 1. The molecule has 0 aliphatic carbocycles. The fraction of sp³-hybridized carbons (Fsp3) is 0.794. The Morgan fingerprint density at radius 3 is 1.28 bits per heavy atom. The molecule has 1 saturated heterocycles. The summed E-state index contributed by atoms with van der Waals surface area (Å²) in [6.45, 7) is 3.66. The zero-order chi connectivity index (χ0) is 52.2. The Hall–Kier alpha value is -2.37. The van der Waals surface area contributed by atoms with Gasteiger partial charge in [-0.2, -0.15) is 0 Å². The molecule has 1 amide bonds. The largest absolute Gasteiger partial charge is 0.394 e. The standard InChI is InChI=1S/C63H113NO8/c1-3-5-7-9-11-13-15-17-18-19-20-21-22-23-24-25-26-27-28-29-30-31-32-33-34-35-36-37-38-39-40-41-43-45-47-49-51-53-59(67)64-56(55-71-63-62(70)61(69)60(68)58(54-65)72-63)57(66)52-50-48-46-44-42-16-14-12-10-8-6-4-2/h5,7,11,13,17-18,20-21,23-24,50,52,56-58,60-63,65-66,68-70H,3-4,6,8-10,12,14-16,19,22,25-49,51,53-55H2,1-2H3,(H,64,67)/b7-5-,13-11-,18-17-,21-20-,24-23-,52-50+. The number of allylic oxidation sites excluding steroid dienone is 11. The van der Waals surface area contributed by atoms with E-state index in [0.29, 0.717) is 6.42 Å². The van der Waals surface area contributed by atoms with E-state index in [1.54, 1.807) is 6.08 Å². The van der Waals surface area contributed by atoms with Gasteiger partial charge in [0, 0.05) is 6.42 Å². The van der Waals surface area contributed by atoms with Gasteiger partial charge < -0.3 is 40.3 Å². The predicted octanol–water partition coefficient (Wildman–Crippen LogP) is 15.2. The average molecular weight is 1010 g/mol. The molecule has 0 spiro atoms. The molecule has 1 fully saturated rings. The molecule has 0 aromatic carbocycles. The molecule has 1 rings (SSSR count). The number of carbonyl (C=O) groups excluding carboxylic acids is 1. The van der Waals surface area contributed by atoms with Crippen molar-refractivity contribution in [3.05, 3.63) is 72.9 Å². The van der Waals surface area contributed by atoms with Crippen molar-refractivity contribution >= 4 is 5.91 Å². The van der Waals surface area contributed by atoms with Crippen LogP contribution in [0.3, 0.4) is 0 Å². The molecule has 9 heteroatoms. The number of nitrogens with one attached hydrogen (secondary N) is 1. The molecule has 6 N–H and O–H groups in total. The lowest BCUT2D eigenvalue weighted by atomic mass is 9.99. The van der Waals surface area contributed by atoms with Crippen LogP contribution in [0.2, 0.25) is 0 Å². The number of ether oxygens (including phenoxy) is 2. The zero-order valence-electron chi connectivity index (χ0n) is 46.4. The van der Waals surface area contributed by atoms with Crippen LogP contribution in [-0.2, 0) is 14.3 Å². The van der Waals surface area contributed by atoms with Crippen LogP contribution >= 0.6 is 0 Å². The van der Waals surface area contributed by atoms with Crippen LogP contribution < -0.4 is 5.32 Å². The first-order valence-corrected chi connectivity index (χ1v) is 30.2. The van der Waals surface area contributed by atoms with Gasteiger partial charge in [-0.15, -0.1) is 0 Å². The topological polar surface area (TPSA) is 149 Å². The molecule has 9 nitrogen and oxygen atoms in total. The first kappa shape index (κ1) is 67.6. The maximum Gasteiger partial charge on any atom is 0.220 e. The van der Waals surface area contributed by atoms with Crippen LogP contribution in [0, 0.1) is 0 Å². The van der Waals surface area contributed by atoms with Crippen LogP contribution in [-0.4, -0.2) is 87.5 Å². The van der Waals surface area contributed by atoms with Gasteiger partial charge in [-0.25, -0.2) is 0 Å². The molecule has 7 unspecified atom stereocenters. The highest BCUT2D eigenvalue weighted by molar-refractivity contribution is 5.76. The third-order valence-corrected chi connectivity index (χ3v) is 14.0.